The number of urea groups is 1. The van der Waals surface area contributed by atoms with Crippen molar-refractivity contribution in [3.05, 3.63) is 95.7 Å². The zero-order valence-electron chi connectivity index (χ0n) is 24.9. The first-order valence-corrected chi connectivity index (χ1v) is 15.0. The maximum Gasteiger partial charge on any atom is 0.573 e. The van der Waals surface area contributed by atoms with E-state index >= 15 is 0 Å². The number of nitrogens with zero attached hydrogens (tertiary/aromatic N) is 5. The number of anilines is 1. The van der Waals surface area contributed by atoms with E-state index in [0.29, 0.717) is 28.9 Å². The molecule has 2 amide bonds. The van der Waals surface area contributed by atoms with Crippen LogP contribution in [-0.2, 0) is 0 Å². The van der Waals surface area contributed by atoms with Gasteiger partial charge in [-0.2, -0.15) is 4.99 Å². The highest BCUT2D eigenvalue weighted by Crippen LogP contribution is 2.33. The summed E-state index contributed by atoms with van der Waals surface area (Å²) in [6, 6.07) is 16.9. The number of benzene rings is 3. The van der Waals surface area contributed by atoms with Crippen molar-refractivity contribution in [2.24, 2.45) is 4.99 Å². The summed E-state index contributed by atoms with van der Waals surface area (Å²) in [6.45, 7) is 8.35. The highest BCUT2D eigenvalue weighted by Gasteiger charge is 2.31. The second-order valence-electron chi connectivity index (χ2n) is 10.6. The molecule has 1 aliphatic rings. The van der Waals surface area contributed by atoms with Crippen molar-refractivity contribution >= 4 is 34.2 Å². The predicted molar refractivity (Wildman–Crippen MR) is 168 cm³/mol. The number of amides is 2. The van der Waals surface area contributed by atoms with Crippen molar-refractivity contribution in [1.29, 1.82) is 0 Å². The number of thioether (sulfide) groups is 1. The number of carbonyl (C=O) groups is 1. The van der Waals surface area contributed by atoms with Crippen molar-refractivity contribution < 1.29 is 27.1 Å². The fourth-order valence-electron chi connectivity index (χ4n) is 4.73. The van der Waals surface area contributed by atoms with Crippen molar-refractivity contribution in [3.8, 4) is 22.8 Å². The maximum absolute atomic E-state index is 13.9. The second-order valence-corrected chi connectivity index (χ2v) is 11.6. The first kappa shape index (κ1) is 31.8. The van der Waals surface area contributed by atoms with Gasteiger partial charge in [-0.3, -0.25) is 0 Å². The van der Waals surface area contributed by atoms with Crippen LogP contribution in [0.4, 0.5) is 28.0 Å². The Kier molecular flexibility index (Phi) is 9.28. The molecule has 0 atom stereocenters. The average molecular weight is 639 g/mol. The van der Waals surface area contributed by atoms with Gasteiger partial charge in [-0.15, -0.1) is 18.3 Å². The molecule has 45 heavy (non-hydrogen) atoms. The fraction of sp³-hybridized carbons (Fsp3) is 0.250. The number of halogens is 4. The fourth-order valence-corrected chi connectivity index (χ4v) is 5.68. The third-order valence-corrected chi connectivity index (χ3v) is 8.09. The van der Waals surface area contributed by atoms with E-state index in [0.717, 1.165) is 33.7 Å². The van der Waals surface area contributed by atoms with Crippen LogP contribution in [0.15, 0.2) is 83.7 Å². The van der Waals surface area contributed by atoms with E-state index in [-0.39, 0.29) is 17.5 Å². The van der Waals surface area contributed by atoms with Crippen LogP contribution < -0.4 is 15.0 Å². The molecule has 8 nitrogen and oxygen atoms in total. The Morgan fingerprint density at radius 1 is 1.04 bits per heavy atom. The van der Waals surface area contributed by atoms with E-state index in [9.17, 15) is 22.4 Å². The molecule has 4 aromatic rings. The monoisotopic (exact) mass is 638 g/mol. The van der Waals surface area contributed by atoms with Crippen molar-refractivity contribution in [2.45, 2.75) is 40.0 Å². The van der Waals surface area contributed by atoms with Crippen molar-refractivity contribution in [3.63, 3.8) is 0 Å². The van der Waals surface area contributed by atoms with E-state index in [1.165, 1.54) is 59.2 Å². The number of ether oxygens (including phenoxy) is 1. The molecular formula is C32H30F4N6O2S. The van der Waals surface area contributed by atoms with Gasteiger partial charge in [0.1, 0.15) is 17.9 Å². The van der Waals surface area contributed by atoms with Crippen LogP contribution in [-0.4, -0.2) is 44.6 Å². The number of nitrogens with one attached hydrogen (secondary N) is 1. The standard InChI is InChI=1S/C32H30F4N6O2S/c1-19(2)27-17-24(33)9-14-28(27)41-15-16-45-31(41)39-30(43)38-21(4)20(3)22-5-7-23(8-6-22)29-37-18-42(40-29)25-10-12-26(13-11-25)44-32(34,35)36/h5-14,17-19H,15-16H2,1-4H3,(H,38,43)/b21-20+,39-31?. The smallest absolute Gasteiger partial charge is 0.406 e. The van der Waals surface area contributed by atoms with Crippen LogP contribution in [0, 0.1) is 5.82 Å². The summed E-state index contributed by atoms with van der Waals surface area (Å²) in [7, 11) is 0. The zero-order chi connectivity index (χ0) is 32.3. The van der Waals surface area contributed by atoms with E-state index < -0.39 is 12.4 Å². The molecule has 234 valence electrons. The van der Waals surface area contributed by atoms with Gasteiger partial charge in [0.2, 0.25) is 0 Å². The van der Waals surface area contributed by atoms with E-state index in [1.807, 2.05) is 49.9 Å². The van der Waals surface area contributed by atoms with Crippen LogP contribution in [0.3, 0.4) is 0 Å². The zero-order valence-corrected chi connectivity index (χ0v) is 25.7. The van der Waals surface area contributed by atoms with Gasteiger partial charge in [0.05, 0.1) is 5.69 Å². The molecule has 3 aromatic carbocycles. The quantitative estimate of drug-likeness (QED) is 0.206. The summed E-state index contributed by atoms with van der Waals surface area (Å²) in [5.41, 5.74) is 5.30. The molecule has 1 aromatic heterocycles. The van der Waals surface area contributed by atoms with Crippen LogP contribution in [0.5, 0.6) is 5.75 Å². The van der Waals surface area contributed by atoms with Gasteiger partial charge in [0.15, 0.2) is 11.0 Å². The number of alkyl halides is 3. The Balaban J connectivity index is 1.26. The Morgan fingerprint density at radius 2 is 1.76 bits per heavy atom. The van der Waals surface area contributed by atoms with Gasteiger partial charge in [0, 0.05) is 29.2 Å². The molecule has 2 heterocycles. The van der Waals surface area contributed by atoms with E-state index in [4.69, 9.17) is 0 Å². The minimum absolute atomic E-state index is 0.101. The Morgan fingerprint density at radius 3 is 2.42 bits per heavy atom. The molecule has 1 saturated heterocycles. The van der Waals surface area contributed by atoms with Gasteiger partial charge in [-0.05, 0) is 78.9 Å². The molecule has 13 heteroatoms. The number of hydrogen-bond donors (Lipinski definition) is 1. The normalized spacial score (nSPS) is 15.0. The number of rotatable bonds is 7. The highest BCUT2D eigenvalue weighted by atomic mass is 32.2. The lowest BCUT2D eigenvalue weighted by Crippen LogP contribution is -2.28. The molecule has 0 saturated carbocycles. The first-order valence-electron chi connectivity index (χ1n) is 14.0. The van der Waals surface area contributed by atoms with Gasteiger partial charge in [0.25, 0.3) is 0 Å². The molecule has 0 spiro atoms. The number of aliphatic imine (C=N–C) groups is 1. The molecule has 1 N–H and O–H groups in total. The molecule has 0 aliphatic carbocycles. The molecule has 0 bridgehead atoms. The van der Waals surface area contributed by atoms with Crippen LogP contribution in [0.25, 0.3) is 22.6 Å². The van der Waals surface area contributed by atoms with E-state index in [1.54, 1.807) is 13.0 Å². The topological polar surface area (TPSA) is 84.6 Å². The largest absolute Gasteiger partial charge is 0.573 e. The Bertz CT molecular complexity index is 1750. The summed E-state index contributed by atoms with van der Waals surface area (Å²) in [6.07, 6.45) is -3.29. The summed E-state index contributed by atoms with van der Waals surface area (Å²) < 4.78 is 56.6. The number of allylic oxidation sites excluding steroid dienone is 2. The van der Waals surface area contributed by atoms with Crippen molar-refractivity contribution in [1.82, 2.24) is 20.1 Å². The minimum atomic E-state index is -4.76. The highest BCUT2D eigenvalue weighted by molar-refractivity contribution is 8.14. The third-order valence-electron chi connectivity index (χ3n) is 7.14. The third kappa shape index (κ3) is 7.72. The number of amidine groups is 1. The molecular weight excluding hydrogens is 608 g/mol. The molecule has 0 unspecified atom stereocenters. The second kappa shape index (κ2) is 13.1. The lowest BCUT2D eigenvalue weighted by atomic mass is 10.0. The minimum Gasteiger partial charge on any atom is -0.406 e. The summed E-state index contributed by atoms with van der Waals surface area (Å²) >= 11 is 1.48. The molecule has 0 radical (unpaired) electrons. The van der Waals surface area contributed by atoms with Crippen LogP contribution in [0.2, 0.25) is 0 Å². The first-order chi connectivity index (χ1) is 21.4. The van der Waals surface area contributed by atoms with Gasteiger partial charge < -0.3 is 15.0 Å². The number of carbonyl (C=O) groups excluding carboxylic acids is 1. The van der Waals surface area contributed by atoms with Gasteiger partial charge in [-0.1, -0.05) is 49.9 Å². The molecule has 1 fully saturated rings. The van der Waals surface area contributed by atoms with Gasteiger partial charge in [-0.25, -0.2) is 18.9 Å². The predicted octanol–water partition coefficient (Wildman–Crippen LogP) is 8.17. The average Bonchev–Trinajstić information content (AvgIpc) is 3.67. The summed E-state index contributed by atoms with van der Waals surface area (Å²) in [5.74, 6) is 0.670. The van der Waals surface area contributed by atoms with Crippen molar-refractivity contribution in [2.75, 3.05) is 17.2 Å². The SMILES string of the molecule is C/C(NC(=O)N=C1SCCN1c1ccc(F)cc1C(C)C)=C(/C)c1ccc(-c2ncn(-c3ccc(OC(F)(F)F)cc3)n2)cc1. The van der Waals surface area contributed by atoms with E-state index in [2.05, 4.69) is 25.1 Å². The molecule has 5 rings (SSSR count). The Labute approximate surface area is 261 Å². The maximum atomic E-state index is 13.9. The van der Waals surface area contributed by atoms with Crippen LogP contribution >= 0.6 is 11.8 Å². The lowest BCUT2D eigenvalue weighted by molar-refractivity contribution is -0.274. The summed E-state index contributed by atoms with van der Waals surface area (Å²) in [5, 5.41) is 7.86. The Hall–Kier alpha value is -4.65. The summed E-state index contributed by atoms with van der Waals surface area (Å²) in [4.78, 5) is 23.5. The van der Waals surface area contributed by atoms with Crippen LogP contribution in [0.1, 0.15) is 44.7 Å². The number of aromatic nitrogens is 3. The number of hydrogen-bond acceptors (Lipinski definition) is 5. The van der Waals surface area contributed by atoms with Gasteiger partial charge >= 0.3 is 12.4 Å². The lowest BCUT2D eigenvalue weighted by Gasteiger charge is -2.23. The molecule has 1 aliphatic heterocycles.